The Labute approximate surface area is 161 Å². The van der Waals surface area contributed by atoms with Crippen molar-refractivity contribution in [2.75, 3.05) is 12.4 Å². The van der Waals surface area contributed by atoms with Crippen LogP contribution in [0.25, 0.3) is 10.8 Å². The van der Waals surface area contributed by atoms with E-state index in [1.165, 1.54) is 7.11 Å². The molecule has 0 aliphatic rings. The van der Waals surface area contributed by atoms with Gasteiger partial charge in [0.2, 0.25) is 5.91 Å². The lowest BCUT2D eigenvalue weighted by atomic mass is 9.87. The van der Waals surface area contributed by atoms with Gasteiger partial charge in [-0.05, 0) is 35.2 Å². The maximum atomic E-state index is 12.6. The van der Waals surface area contributed by atoms with Crippen LogP contribution in [0, 0.1) is 0 Å². The van der Waals surface area contributed by atoms with E-state index in [1.54, 1.807) is 30.3 Å². The van der Waals surface area contributed by atoms with Gasteiger partial charge in [-0.25, -0.2) is 4.68 Å². The number of rotatable bonds is 4. The normalized spacial score (nSPS) is 11.4. The first kappa shape index (κ1) is 19.4. The molecule has 0 unspecified atom stereocenters. The molecule has 0 bridgehead atoms. The summed E-state index contributed by atoms with van der Waals surface area (Å²) in [5, 5.41) is 5.79. The molecule has 0 atom stereocenters. The van der Waals surface area contributed by atoms with Crippen molar-refractivity contribution in [1.82, 2.24) is 9.78 Å². The van der Waals surface area contributed by atoms with E-state index in [9.17, 15) is 14.4 Å². The molecule has 2 aromatic carbocycles. The summed E-state index contributed by atoms with van der Waals surface area (Å²) < 4.78 is 6.34. The predicted molar refractivity (Wildman–Crippen MR) is 109 cm³/mol. The van der Waals surface area contributed by atoms with Crippen LogP contribution in [-0.2, 0) is 16.8 Å². The number of anilines is 1. The zero-order valence-electron chi connectivity index (χ0n) is 16.3. The predicted octanol–water partition coefficient (Wildman–Crippen LogP) is 2.63. The van der Waals surface area contributed by atoms with Crippen molar-refractivity contribution in [2.45, 2.75) is 32.7 Å². The molecule has 0 spiro atoms. The van der Waals surface area contributed by atoms with Crippen LogP contribution in [0.5, 0.6) is 5.75 Å². The fraction of sp³-hybridized carbons (Fsp3) is 0.286. The highest BCUT2D eigenvalue weighted by atomic mass is 16.5. The molecule has 0 aliphatic heterocycles. The Morgan fingerprint density at radius 2 is 1.79 bits per heavy atom. The molecule has 1 amide bonds. The van der Waals surface area contributed by atoms with Crippen LogP contribution in [0.1, 0.15) is 26.3 Å². The van der Waals surface area contributed by atoms with Crippen LogP contribution >= 0.6 is 0 Å². The van der Waals surface area contributed by atoms with Crippen LogP contribution in [0.2, 0.25) is 0 Å². The van der Waals surface area contributed by atoms with Crippen LogP contribution in [0.15, 0.2) is 52.1 Å². The van der Waals surface area contributed by atoms with Gasteiger partial charge in [0.05, 0.1) is 23.6 Å². The third-order valence-electron chi connectivity index (χ3n) is 4.53. The summed E-state index contributed by atoms with van der Waals surface area (Å²) in [7, 11) is 1.52. The van der Waals surface area contributed by atoms with Gasteiger partial charge in [-0.2, -0.15) is 0 Å². The highest BCUT2D eigenvalue weighted by Gasteiger charge is 2.17. The first-order valence-electron chi connectivity index (χ1n) is 8.91. The number of amides is 1. The lowest BCUT2D eigenvalue weighted by Crippen LogP contribution is -2.34. The number of aromatic amines is 1. The number of fused-ring (bicyclic) bond motifs is 1. The second kappa shape index (κ2) is 7.34. The number of aromatic nitrogens is 2. The fourth-order valence-corrected chi connectivity index (χ4v) is 2.96. The summed E-state index contributed by atoms with van der Waals surface area (Å²) in [6, 6.07) is 12.1. The summed E-state index contributed by atoms with van der Waals surface area (Å²) in [6.45, 7) is 5.89. The zero-order chi connectivity index (χ0) is 20.5. The molecule has 3 rings (SSSR count). The van der Waals surface area contributed by atoms with Crippen molar-refractivity contribution in [3.63, 3.8) is 0 Å². The van der Waals surface area contributed by atoms with Crippen molar-refractivity contribution in [1.29, 1.82) is 0 Å². The molecule has 0 fully saturated rings. The summed E-state index contributed by atoms with van der Waals surface area (Å²) in [6.07, 6.45) is 0. The number of H-pyrrole nitrogens is 1. The van der Waals surface area contributed by atoms with Gasteiger partial charge >= 0.3 is 0 Å². The molecule has 2 N–H and O–H groups in total. The van der Waals surface area contributed by atoms with Gasteiger partial charge < -0.3 is 10.1 Å². The Morgan fingerprint density at radius 1 is 1.11 bits per heavy atom. The number of carbonyl (C=O) groups excluding carboxylic acids is 1. The highest BCUT2D eigenvalue weighted by molar-refractivity contribution is 5.92. The number of nitrogens with one attached hydrogen (secondary N) is 2. The first-order chi connectivity index (χ1) is 13.2. The minimum absolute atomic E-state index is 0.105. The van der Waals surface area contributed by atoms with E-state index in [4.69, 9.17) is 4.74 Å². The van der Waals surface area contributed by atoms with E-state index in [0.717, 1.165) is 10.2 Å². The lowest BCUT2D eigenvalue weighted by Gasteiger charge is -2.21. The largest absolute Gasteiger partial charge is 0.495 e. The molecule has 7 heteroatoms. The van der Waals surface area contributed by atoms with Crippen molar-refractivity contribution in [3.05, 3.63) is 68.7 Å². The molecule has 1 heterocycles. The number of methoxy groups -OCH3 is 1. The number of nitrogens with zero attached hydrogens (tertiary/aromatic N) is 1. The van der Waals surface area contributed by atoms with E-state index in [0.29, 0.717) is 16.8 Å². The van der Waals surface area contributed by atoms with Crippen molar-refractivity contribution < 1.29 is 9.53 Å². The molecular formula is C21H23N3O4. The lowest BCUT2D eigenvalue weighted by molar-refractivity contribution is -0.117. The number of hydrogen-bond donors (Lipinski definition) is 2. The van der Waals surface area contributed by atoms with Gasteiger partial charge in [0.15, 0.2) is 0 Å². The SMILES string of the molecule is COc1ccc(C(C)(C)C)cc1NC(=O)Cn1[nH]c(=O)c2ccccc2c1=O. The van der Waals surface area contributed by atoms with Crippen LogP contribution < -0.4 is 21.2 Å². The Bertz CT molecular complexity index is 1150. The minimum atomic E-state index is -0.447. The third kappa shape index (κ3) is 3.83. The highest BCUT2D eigenvalue weighted by Crippen LogP contribution is 2.31. The molecule has 0 saturated heterocycles. The molecular weight excluding hydrogens is 358 g/mol. The molecule has 7 nitrogen and oxygen atoms in total. The smallest absolute Gasteiger partial charge is 0.273 e. The molecule has 28 heavy (non-hydrogen) atoms. The summed E-state index contributed by atoms with van der Waals surface area (Å²) in [5.41, 5.74) is 0.582. The van der Waals surface area contributed by atoms with Gasteiger partial charge in [-0.3, -0.25) is 19.5 Å². The van der Waals surface area contributed by atoms with Gasteiger partial charge in [0.25, 0.3) is 11.1 Å². The van der Waals surface area contributed by atoms with Crippen molar-refractivity contribution >= 4 is 22.4 Å². The third-order valence-corrected chi connectivity index (χ3v) is 4.53. The van der Waals surface area contributed by atoms with Gasteiger partial charge in [-0.15, -0.1) is 0 Å². The summed E-state index contributed by atoms with van der Waals surface area (Å²) in [4.78, 5) is 37.3. The van der Waals surface area contributed by atoms with Gasteiger partial charge in [-0.1, -0.05) is 39.0 Å². The van der Waals surface area contributed by atoms with Crippen LogP contribution in [0.3, 0.4) is 0 Å². The van der Waals surface area contributed by atoms with Gasteiger partial charge in [0, 0.05) is 0 Å². The number of ether oxygens (including phenoxy) is 1. The standard InChI is InChI=1S/C21H23N3O4/c1-21(2,3)13-9-10-17(28-4)16(11-13)22-18(25)12-24-20(27)15-8-6-5-7-14(15)19(26)23-24/h5-11H,12H2,1-4H3,(H,22,25)(H,23,26). The van der Waals surface area contributed by atoms with Crippen molar-refractivity contribution in [3.8, 4) is 5.75 Å². The number of benzene rings is 2. The average Bonchev–Trinajstić information content (AvgIpc) is 2.65. The zero-order valence-corrected chi connectivity index (χ0v) is 16.3. The molecule has 1 aromatic heterocycles. The summed E-state index contributed by atoms with van der Waals surface area (Å²) >= 11 is 0. The first-order valence-corrected chi connectivity index (χ1v) is 8.91. The Balaban J connectivity index is 1.91. The fourth-order valence-electron chi connectivity index (χ4n) is 2.96. The summed E-state index contributed by atoms with van der Waals surface area (Å²) in [5.74, 6) is 0.0677. The van der Waals surface area contributed by atoms with Crippen LogP contribution in [-0.4, -0.2) is 22.8 Å². The molecule has 0 saturated carbocycles. The maximum Gasteiger partial charge on any atom is 0.273 e. The molecule has 146 valence electrons. The van der Waals surface area contributed by atoms with Crippen molar-refractivity contribution in [2.24, 2.45) is 0 Å². The van der Waals surface area contributed by atoms with E-state index < -0.39 is 17.0 Å². The average molecular weight is 381 g/mol. The molecule has 0 radical (unpaired) electrons. The van der Waals surface area contributed by atoms with E-state index in [2.05, 4.69) is 31.2 Å². The number of hydrogen-bond acceptors (Lipinski definition) is 4. The number of carbonyl (C=O) groups is 1. The Hall–Kier alpha value is -3.35. The second-order valence-electron chi connectivity index (χ2n) is 7.59. The van der Waals surface area contributed by atoms with Crippen LogP contribution in [0.4, 0.5) is 5.69 Å². The quantitative estimate of drug-likeness (QED) is 0.727. The Morgan fingerprint density at radius 3 is 2.43 bits per heavy atom. The second-order valence-corrected chi connectivity index (χ2v) is 7.59. The Kier molecular flexibility index (Phi) is 5.09. The monoisotopic (exact) mass is 381 g/mol. The van der Waals surface area contributed by atoms with Gasteiger partial charge in [0.1, 0.15) is 12.3 Å². The van der Waals surface area contributed by atoms with E-state index in [1.807, 2.05) is 12.1 Å². The maximum absolute atomic E-state index is 12.6. The minimum Gasteiger partial charge on any atom is -0.495 e. The topological polar surface area (TPSA) is 93.2 Å². The molecule has 3 aromatic rings. The van der Waals surface area contributed by atoms with E-state index in [-0.39, 0.29) is 17.3 Å². The molecule has 0 aliphatic carbocycles. The van der Waals surface area contributed by atoms with E-state index >= 15 is 0 Å².